The molecule has 7 heteroatoms. The van der Waals surface area contributed by atoms with E-state index >= 15 is 0 Å². The van der Waals surface area contributed by atoms with Gasteiger partial charge < -0.3 is 4.90 Å². The predicted octanol–water partition coefficient (Wildman–Crippen LogP) is 5.03. The van der Waals surface area contributed by atoms with E-state index in [4.69, 9.17) is 22.1 Å². The highest BCUT2D eigenvalue weighted by Crippen LogP contribution is 2.37. The van der Waals surface area contributed by atoms with Crippen molar-refractivity contribution in [3.63, 3.8) is 0 Å². The molecule has 0 radical (unpaired) electrons. The molecule has 1 atom stereocenters. The van der Waals surface area contributed by atoms with Crippen molar-refractivity contribution < 1.29 is 0 Å². The third-order valence-corrected chi connectivity index (χ3v) is 4.84. The molecule has 22 heavy (non-hydrogen) atoms. The monoisotopic (exact) mass is 331 g/mol. The molecular weight excluding hydrogens is 318 g/mol. The minimum Gasteiger partial charge on any atom is -0.320 e. The fourth-order valence-corrected chi connectivity index (χ4v) is 3.58. The molecule has 3 rings (SSSR count). The highest BCUT2D eigenvalue weighted by atomic mass is 35.5. The van der Waals surface area contributed by atoms with Gasteiger partial charge in [0, 0.05) is 21.2 Å². The number of hydrogen-bond acceptors (Lipinski definition) is 4. The third-order valence-electron chi connectivity index (χ3n) is 3.63. The Labute approximate surface area is 138 Å². The molecule has 112 valence electrons. The van der Waals surface area contributed by atoms with Gasteiger partial charge in [0.05, 0.1) is 18.3 Å². The van der Waals surface area contributed by atoms with Gasteiger partial charge in [-0.05, 0) is 35.6 Å². The molecule has 0 N–H and O–H groups in total. The summed E-state index contributed by atoms with van der Waals surface area (Å²) in [4.78, 5) is 9.80. The number of fused-ring (bicyclic) bond motifs is 1. The number of azide groups is 1. The number of rotatable bonds is 3. The quantitative estimate of drug-likeness (QED) is 0.443. The summed E-state index contributed by atoms with van der Waals surface area (Å²) < 4.78 is 0. The van der Waals surface area contributed by atoms with E-state index in [0.717, 1.165) is 22.0 Å². The lowest BCUT2D eigenvalue weighted by molar-refractivity contribution is 0.580. The summed E-state index contributed by atoms with van der Waals surface area (Å²) in [6, 6.07) is 7.36. The van der Waals surface area contributed by atoms with Gasteiger partial charge in [-0.1, -0.05) is 47.5 Å². The van der Waals surface area contributed by atoms with Crippen LogP contribution in [0.3, 0.4) is 0 Å². The van der Waals surface area contributed by atoms with Crippen LogP contribution in [0.15, 0.2) is 51.2 Å². The van der Waals surface area contributed by atoms with Crippen LogP contribution in [0.25, 0.3) is 16.0 Å². The molecule has 5 nitrogen and oxygen atoms in total. The van der Waals surface area contributed by atoms with Crippen LogP contribution in [0, 0.1) is 0 Å². The molecule has 0 saturated carbocycles. The largest absolute Gasteiger partial charge is 0.320 e. The molecule has 0 fully saturated rings. The summed E-state index contributed by atoms with van der Waals surface area (Å²) >= 11 is 7.72. The molecule has 1 unspecified atom stereocenters. The Hall–Kier alpha value is -1.88. The molecule has 0 aliphatic carbocycles. The van der Waals surface area contributed by atoms with Crippen LogP contribution in [0.4, 0.5) is 0 Å². The maximum atomic E-state index is 8.74. The Morgan fingerprint density at radius 2 is 2.32 bits per heavy atom. The number of benzene rings is 1. The van der Waals surface area contributed by atoms with Crippen LogP contribution in [0.2, 0.25) is 5.02 Å². The minimum absolute atomic E-state index is 0.324. The van der Waals surface area contributed by atoms with E-state index in [-0.39, 0.29) is 6.04 Å². The highest BCUT2D eigenvalue weighted by Gasteiger charge is 2.29. The van der Waals surface area contributed by atoms with Gasteiger partial charge in [0.1, 0.15) is 0 Å². The Balaban J connectivity index is 2.12. The smallest absolute Gasteiger partial charge is 0.173 e. The van der Waals surface area contributed by atoms with Gasteiger partial charge >= 0.3 is 0 Å². The number of halogens is 1. The van der Waals surface area contributed by atoms with Crippen molar-refractivity contribution in [2.24, 2.45) is 10.1 Å². The first-order valence-corrected chi connectivity index (χ1v) is 8.08. The summed E-state index contributed by atoms with van der Waals surface area (Å²) in [5.41, 5.74) is 12.8. The molecule has 2 aliphatic rings. The molecule has 1 aromatic rings. The first-order valence-electron chi connectivity index (χ1n) is 6.83. The topological polar surface area (TPSA) is 64.4 Å². The lowest BCUT2D eigenvalue weighted by Gasteiger charge is -2.29. The average molecular weight is 332 g/mol. The van der Waals surface area contributed by atoms with E-state index in [1.165, 1.54) is 5.70 Å². The van der Waals surface area contributed by atoms with Crippen LogP contribution >= 0.6 is 23.4 Å². The highest BCUT2D eigenvalue weighted by molar-refractivity contribution is 8.16. The van der Waals surface area contributed by atoms with Crippen molar-refractivity contribution in [2.75, 3.05) is 6.54 Å². The van der Waals surface area contributed by atoms with Crippen molar-refractivity contribution in [1.82, 2.24) is 4.90 Å². The van der Waals surface area contributed by atoms with Crippen LogP contribution in [0.1, 0.15) is 19.4 Å². The van der Waals surface area contributed by atoms with E-state index in [1.807, 2.05) is 31.2 Å². The Bertz CT molecular complexity index is 761. The number of thioether (sulfide) groups is 1. The van der Waals surface area contributed by atoms with Crippen molar-refractivity contribution in [3.8, 4) is 0 Å². The SMILES string of the molecule is CC1=CSC2=NC(C(C)N=[N+]=[N-])=C(c3cccc(Cl)c3)CN12. The Morgan fingerprint density at radius 1 is 1.50 bits per heavy atom. The lowest BCUT2D eigenvalue weighted by Crippen LogP contribution is -2.30. The van der Waals surface area contributed by atoms with Crippen LogP contribution in [-0.2, 0) is 0 Å². The van der Waals surface area contributed by atoms with E-state index in [1.54, 1.807) is 11.8 Å². The van der Waals surface area contributed by atoms with E-state index < -0.39 is 0 Å². The van der Waals surface area contributed by atoms with Gasteiger partial charge in [0.25, 0.3) is 0 Å². The van der Waals surface area contributed by atoms with Gasteiger partial charge in [-0.3, -0.25) is 0 Å². The van der Waals surface area contributed by atoms with E-state index in [2.05, 4.69) is 27.3 Å². The zero-order valence-corrected chi connectivity index (χ0v) is 13.8. The second-order valence-corrected chi connectivity index (χ2v) is 6.39. The third kappa shape index (κ3) is 2.73. The maximum Gasteiger partial charge on any atom is 0.173 e. The zero-order valence-electron chi connectivity index (χ0n) is 12.2. The van der Waals surface area contributed by atoms with E-state index in [0.29, 0.717) is 11.6 Å². The molecule has 2 aliphatic heterocycles. The van der Waals surface area contributed by atoms with Gasteiger partial charge in [-0.15, -0.1) is 0 Å². The van der Waals surface area contributed by atoms with E-state index in [9.17, 15) is 0 Å². The van der Waals surface area contributed by atoms with Gasteiger partial charge in [0.15, 0.2) is 5.17 Å². The van der Waals surface area contributed by atoms with Gasteiger partial charge in [0.2, 0.25) is 0 Å². The second-order valence-electron chi connectivity index (χ2n) is 5.11. The first-order chi connectivity index (χ1) is 10.6. The predicted molar refractivity (Wildman–Crippen MR) is 92.5 cm³/mol. The standard InChI is InChI=1S/C15H14ClN5S/c1-9-8-22-15-18-14(10(2)19-20-17)13(7-21(9)15)11-4-3-5-12(16)6-11/h3-6,8,10H,7H2,1-2H3. The number of allylic oxidation sites excluding steroid dienone is 1. The summed E-state index contributed by atoms with van der Waals surface area (Å²) in [5, 5.41) is 7.50. The summed E-state index contributed by atoms with van der Waals surface area (Å²) in [6.07, 6.45) is 0. The fraction of sp³-hybridized carbons (Fsp3) is 0.267. The van der Waals surface area contributed by atoms with Gasteiger partial charge in [-0.2, -0.15) is 0 Å². The molecule has 2 heterocycles. The molecule has 0 saturated heterocycles. The van der Waals surface area contributed by atoms with Crippen molar-refractivity contribution in [2.45, 2.75) is 19.9 Å². The fourth-order valence-electron chi connectivity index (χ4n) is 2.50. The zero-order chi connectivity index (χ0) is 15.7. The molecule has 1 aromatic carbocycles. The number of nitrogens with zero attached hydrogens (tertiary/aromatic N) is 5. The molecular formula is C15H14ClN5S. The second kappa shape index (κ2) is 6.08. The van der Waals surface area contributed by atoms with Crippen LogP contribution < -0.4 is 0 Å². The van der Waals surface area contributed by atoms with Crippen LogP contribution in [-0.4, -0.2) is 22.7 Å². The minimum atomic E-state index is -0.324. The summed E-state index contributed by atoms with van der Waals surface area (Å²) in [6.45, 7) is 4.63. The van der Waals surface area contributed by atoms with Crippen molar-refractivity contribution in [3.05, 3.63) is 62.1 Å². The first kappa shape index (κ1) is 15.0. The maximum absolute atomic E-state index is 8.74. The van der Waals surface area contributed by atoms with Crippen molar-refractivity contribution in [1.29, 1.82) is 0 Å². The number of amidine groups is 1. The molecule has 0 amide bonds. The molecule has 0 aromatic heterocycles. The van der Waals surface area contributed by atoms with Crippen LogP contribution in [0.5, 0.6) is 0 Å². The van der Waals surface area contributed by atoms with Gasteiger partial charge in [-0.25, -0.2) is 4.99 Å². The summed E-state index contributed by atoms with van der Waals surface area (Å²) in [7, 11) is 0. The lowest BCUT2D eigenvalue weighted by atomic mass is 9.99. The summed E-state index contributed by atoms with van der Waals surface area (Å²) in [5.74, 6) is 0. The number of hydrogen-bond donors (Lipinski definition) is 0. The molecule has 0 bridgehead atoms. The van der Waals surface area contributed by atoms with Crippen molar-refractivity contribution >= 4 is 34.1 Å². The Kier molecular flexibility index (Phi) is 4.16. The number of aliphatic imine (C=N–C) groups is 1. The average Bonchev–Trinajstić information content (AvgIpc) is 2.87. The Morgan fingerprint density at radius 3 is 3.05 bits per heavy atom. The normalized spacial score (nSPS) is 18.4. The molecule has 0 spiro atoms.